The van der Waals surface area contributed by atoms with Gasteiger partial charge in [-0.25, -0.2) is 0 Å². The van der Waals surface area contributed by atoms with E-state index in [-0.39, 0.29) is 0 Å². The standard InChI is InChI=1S/C2H3NO3/c1-2(4)3(5)6/h4H,1H2. The summed E-state index contributed by atoms with van der Waals surface area (Å²) >= 11 is 0. The second-order valence-corrected chi connectivity index (χ2v) is 0.673. The highest BCUT2D eigenvalue weighted by atomic mass is 16.7. The second-order valence-electron chi connectivity index (χ2n) is 0.673. The van der Waals surface area contributed by atoms with Crippen molar-refractivity contribution in [3.05, 3.63) is 22.6 Å². The molecule has 0 fully saturated rings. The van der Waals surface area contributed by atoms with Crippen LogP contribution in [-0.2, 0) is 0 Å². The first-order valence-corrected chi connectivity index (χ1v) is 1.17. The SMILES string of the molecule is C=C(O)[N+](=O)[O-]. The van der Waals surface area contributed by atoms with Crippen LogP contribution in [0, 0.1) is 10.1 Å². The van der Waals surface area contributed by atoms with E-state index in [9.17, 15) is 0 Å². The Labute approximate surface area is 33.9 Å². The predicted molar refractivity (Wildman–Crippen MR) is 18.8 cm³/mol. The quantitative estimate of drug-likeness (QED) is 0.285. The molecule has 0 atom stereocenters. The maximum atomic E-state index is 9.16. The third kappa shape index (κ3) is 1.28. The molecule has 0 aromatic rings. The molecule has 0 aromatic carbocycles. The van der Waals surface area contributed by atoms with Gasteiger partial charge in [0.25, 0.3) is 0 Å². The first-order valence-electron chi connectivity index (χ1n) is 1.17. The van der Waals surface area contributed by atoms with Crippen molar-refractivity contribution < 1.29 is 10.0 Å². The van der Waals surface area contributed by atoms with E-state index in [1.807, 2.05) is 0 Å². The third-order valence-electron chi connectivity index (χ3n) is 0.211. The van der Waals surface area contributed by atoms with Crippen LogP contribution in [0.4, 0.5) is 0 Å². The molecule has 0 radical (unpaired) electrons. The van der Waals surface area contributed by atoms with E-state index < -0.39 is 10.8 Å². The van der Waals surface area contributed by atoms with Gasteiger partial charge in [-0.05, 0) is 0 Å². The van der Waals surface area contributed by atoms with Gasteiger partial charge in [-0.2, -0.15) is 0 Å². The van der Waals surface area contributed by atoms with Crippen LogP contribution in [-0.4, -0.2) is 10.0 Å². The summed E-state index contributed by atoms with van der Waals surface area (Å²) in [5.41, 5.74) is 0. The monoisotopic (exact) mass is 89.0 g/mol. The van der Waals surface area contributed by atoms with E-state index in [1.54, 1.807) is 0 Å². The zero-order valence-electron chi connectivity index (χ0n) is 2.92. The fraction of sp³-hybridized carbons (Fsp3) is 0. The van der Waals surface area contributed by atoms with Crippen molar-refractivity contribution in [3.8, 4) is 0 Å². The number of rotatable bonds is 1. The zero-order chi connectivity index (χ0) is 5.15. The van der Waals surface area contributed by atoms with Gasteiger partial charge in [0.05, 0.1) is 0 Å². The fourth-order valence-electron chi connectivity index (χ4n) is 0. The molecule has 0 aliphatic carbocycles. The van der Waals surface area contributed by atoms with Crippen molar-refractivity contribution in [1.82, 2.24) is 0 Å². The lowest BCUT2D eigenvalue weighted by Crippen LogP contribution is -1.92. The zero-order valence-corrected chi connectivity index (χ0v) is 2.92. The lowest BCUT2D eigenvalue weighted by Gasteiger charge is -1.77. The van der Waals surface area contributed by atoms with E-state index in [1.165, 1.54) is 0 Å². The van der Waals surface area contributed by atoms with E-state index in [0.717, 1.165) is 0 Å². The van der Waals surface area contributed by atoms with Gasteiger partial charge in [-0.3, -0.25) is 10.1 Å². The minimum absolute atomic E-state index is 0.972. The van der Waals surface area contributed by atoms with Crippen molar-refractivity contribution in [3.63, 3.8) is 0 Å². The summed E-state index contributed by atoms with van der Waals surface area (Å²) in [4.78, 5) is 8.18. The summed E-state index contributed by atoms with van der Waals surface area (Å²) in [5.74, 6) is -1.02. The Morgan fingerprint density at radius 2 is 2.17 bits per heavy atom. The van der Waals surface area contributed by atoms with Crippen LogP contribution in [0.5, 0.6) is 0 Å². The minimum Gasteiger partial charge on any atom is -0.456 e. The van der Waals surface area contributed by atoms with Gasteiger partial charge < -0.3 is 5.11 Å². The van der Waals surface area contributed by atoms with Crippen LogP contribution in [0.3, 0.4) is 0 Å². The summed E-state index contributed by atoms with van der Waals surface area (Å²) in [5, 5.41) is 16.9. The van der Waals surface area contributed by atoms with Gasteiger partial charge in [0.15, 0.2) is 0 Å². The van der Waals surface area contributed by atoms with Crippen LogP contribution < -0.4 is 0 Å². The number of hydrogen-bond acceptors (Lipinski definition) is 3. The predicted octanol–water partition coefficient (Wildman–Crippen LogP) is 0.292. The fourth-order valence-corrected chi connectivity index (χ4v) is 0. The topological polar surface area (TPSA) is 63.4 Å². The highest BCUT2D eigenvalue weighted by molar-refractivity contribution is 4.58. The highest BCUT2D eigenvalue weighted by Gasteiger charge is 1.95. The molecule has 4 nitrogen and oxygen atoms in total. The number of aliphatic hydroxyl groups excluding tert-OH is 1. The first kappa shape index (κ1) is 4.94. The van der Waals surface area contributed by atoms with Gasteiger partial charge in [-0.1, -0.05) is 0 Å². The Balaban J connectivity index is 3.57. The Kier molecular flexibility index (Phi) is 1.15. The van der Waals surface area contributed by atoms with Gasteiger partial charge in [0.2, 0.25) is 0 Å². The normalized spacial score (nSPS) is 7.33. The van der Waals surface area contributed by atoms with Gasteiger partial charge in [0.1, 0.15) is 4.92 Å². The van der Waals surface area contributed by atoms with Crippen molar-refractivity contribution in [2.75, 3.05) is 0 Å². The van der Waals surface area contributed by atoms with E-state index in [2.05, 4.69) is 6.58 Å². The Bertz CT molecular complexity index is 74.8. The highest BCUT2D eigenvalue weighted by Crippen LogP contribution is 1.77. The van der Waals surface area contributed by atoms with Crippen LogP contribution in [0.1, 0.15) is 0 Å². The second kappa shape index (κ2) is 1.40. The molecule has 0 saturated carbocycles. The molecular formula is C2H3NO3. The number of nitrogens with zero attached hydrogens (tertiary/aromatic N) is 1. The molecule has 0 heterocycles. The summed E-state index contributed by atoms with van der Waals surface area (Å²) in [6.07, 6.45) is 0. The maximum absolute atomic E-state index is 9.16. The molecule has 0 saturated heterocycles. The molecule has 0 rings (SSSR count). The number of nitro groups is 1. The molecular weight excluding hydrogens is 86.0 g/mol. The van der Waals surface area contributed by atoms with Crippen LogP contribution in [0.15, 0.2) is 12.5 Å². The molecule has 1 N–H and O–H groups in total. The molecule has 6 heavy (non-hydrogen) atoms. The molecule has 4 heteroatoms. The third-order valence-corrected chi connectivity index (χ3v) is 0.211. The summed E-state index contributed by atoms with van der Waals surface area (Å²) in [7, 11) is 0. The Morgan fingerprint density at radius 3 is 2.17 bits per heavy atom. The van der Waals surface area contributed by atoms with E-state index in [4.69, 9.17) is 15.2 Å². The van der Waals surface area contributed by atoms with Gasteiger partial charge >= 0.3 is 5.88 Å². The van der Waals surface area contributed by atoms with Crippen molar-refractivity contribution >= 4 is 0 Å². The molecule has 0 spiro atoms. The largest absolute Gasteiger partial charge is 0.456 e. The summed E-state index contributed by atoms with van der Waals surface area (Å²) in [6.45, 7) is 2.61. The molecule has 0 amide bonds. The van der Waals surface area contributed by atoms with E-state index in [0.29, 0.717) is 0 Å². The molecule has 0 bridgehead atoms. The van der Waals surface area contributed by atoms with Crippen molar-refractivity contribution in [2.45, 2.75) is 0 Å². The minimum atomic E-state index is -1.02. The Morgan fingerprint density at radius 1 is 2.00 bits per heavy atom. The molecule has 0 aliphatic rings. The van der Waals surface area contributed by atoms with Crippen LogP contribution >= 0.6 is 0 Å². The average Bonchev–Trinajstić information content (AvgIpc) is 1.36. The lowest BCUT2D eigenvalue weighted by atomic mass is 11.0. The van der Waals surface area contributed by atoms with E-state index >= 15 is 0 Å². The smallest absolute Gasteiger partial charge is 0.418 e. The average molecular weight is 89.0 g/mol. The Hall–Kier alpha value is -1.06. The van der Waals surface area contributed by atoms with Crippen LogP contribution in [0.25, 0.3) is 0 Å². The maximum Gasteiger partial charge on any atom is 0.418 e. The van der Waals surface area contributed by atoms with Crippen molar-refractivity contribution in [1.29, 1.82) is 0 Å². The number of hydrogen-bond donors (Lipinski definition) is 1. The molecule has 0 unspecified atom stereocenters. The summed E-state index contributed by atoms with van der Waals surface area (Å²) in [6, 6.07) is 0. The molecule has 34 valence electrons. The van der Waals surface area contributed by atoms with Gasteiger partial charge in [0, 0.05) is 6.58 Å². The lowest BCUT2D eigenvalue weighted by molar-refractivity contribution is -0.457. The molecule has 0 aromatic heterocycles. The van der Waals surface area contributed by atoms with Crippen molar-refractivity contribution in [2.24, 2.45) is 0 Å². The first-order chi connectivity index (χ1) is 2.64. The van der Waals surface area contributed by atoms with Gasteiger partial charge in [-0.15, -0.1) is 0 Å². The molecule has 0 aliphatic heterocycles. The number of aliphatic hydroxyl groups is 1. The summed E-state index contributed by atoms with van der Waals surface area (Å²) < 4.78 is 0. The van der Waals surface area contributed by atoms with Crippen LogP contribution in [0.2, 0.25) is 0 Å².